The molecule has 5 heteroatoms. The number of benzene rings is 1. The Labute approximate surface area is 114 Å². The maximum Gasteiger partial charge on any atom is 0.170 e. The van der Waals surface area contributed by atoms with Gasteiger partial charge in [0.2, 0.25) is 0 Å². The van der Waals surface area contributed by atoms with Crippen molar-refractivity contribution in [3.8, 4) is 0 Å². The molecule has 5 N–H and O–H groups in total. The summed E-state index contributed by atoms with van der Waals surface area (Å²) in [6.07, 6.45) is 2.06. The van der Waals surface area contributed by atoms with Crippen LogP contribution in [0.5, 0.6) is 0 Å². The molecule has 106 valence electrons. The molecule has 0 aliphatic carbocycles. The van der Waals surface area contributed by atoms with Gasteiger partial charge in [-0.05, 0) is 36.9 Å². The van der Waals surface area contributed by atoms with Crippen LogP contribution in [-0.2, 0) is 6.54 Å². The van der Waals surface area contributed by atoms with E-state index in [9.17, 15) is 0 Å². The Morgan fingerprint density at radius 2 is 2.26 bits per heavy atom. The maximum atomic E-state index is 8.91. The molecular formula is C14H23N3O2. The topological polar surface area (TPSA) is 90.9 Å². The minimum Gasteiger partial charge on any atom is -0.409 e. The summed E-state index contributed by atoms with van der Waals surface area (Å²) in [6.45, 7) is 3.96. The van der Waals surface area contributed by atoms with E-state index in [1.807, 2.05) is 31.2 Å². The molecule has 0 heterocycles. The van der Waals surface area contributed by atoms with Crippen LogP contribution in [0, 0.1) is 5.92 Å². The molecule has 0 saturated heterocycles. The fraction of sp³-hybridized carbons (Fsp3) is 0.500. The molecule has 0 amide bonds. The van der Waals surface area contributed by atoms with Gasteiger partial charge in [-0.1, -0.05) is 30.3 Å². The first-order chi connectivity index (χ1) is 9.17. The number of aliphatic hydroxyl groups is 1. The van der Waals surface area contributed by atoms with Crippen LogP contribution < -0.4 is 11.1 Å². The third-order valence-electron chi connectivity index (χ3n) is 3.02. The largest absolute Gasteiger partial charge is 0.409 e. The molecule has 19 heavy (non-hydrogen) atoms. The van der Waals surface area contributed by atoms with Crippen LogP contribution in [0.2, 0.25) is 0 Å². The summed E-state index contributed by atoms with van der Waals surface area (Å²) in [5, 5.41) is 23.9. The third kappa shape index (κ3) is 5.72. The lowest BCUT2D eigenvalue weighted by molar-refractivity contribution is 0.228. The van der Waals surface area contributed by atoms with Crippen molar-refractivity contribution in [2.45, 2.75) is 26.3 Å². The average Bonchev–Trinajstić information content (AvgIpc) is 2.46. The number of hydrogen-bond donors (Lipinski definition) is 4. The van der Waals surface area contributed by atoms with Gasteiger partial charge in [0.1, 0.15) is 0 Å². The van der Waals surface area contributed by atoms with Crippen molar-refractivity contribution < 1.29 is 10.3 Å². The number of nitrogens with zero attached hydrogens (tertiary/aromatic N) is 1. The summed E-state index contributed by atoms with van der Waals surface area (Å²) < 4.78 is 0. The molecule has 0 fully saturated rings. The molecule has 0 aliphatic heterocycles. The smallest absolute Gasteiger partial charge is 0.170 e. The summed E-state index contributed by atoms with van der Waals surface area (Å²) in [7, 11) is 0. The van der Waals surface area contributed by atoms with Crippen LogP contribution in [0.15, 0.2) is 29.4 Å². The number of aliphatic hydroxyl groups excluding tert-OH is 1. The molecule has 0 aliphatic rings. The van der Waals surface area contributed by atoms with Gasteiger partial charge >= 0.3 is 0 Å². The Hall–Kier alpha value is -1.59. The zero-order valence-corrected chi connectivity index (χ0v) is 11.3. The Kier molecular flexibility index (Phi) is 6.92. The van der Waals surface area contributed by atoms with Crippen LogP contribution in [-0.4, -0.2) is 29.3 Å². The van der Waals surface area contributed by atoms with E-state index >= 15 is 0 Å². The molecule has 1 atom stereocenters. The second kappa shape index (κ2) is 8.50. The highest BCUT2D eigenvalue weighted by molar-refractivity contribution is 5.97. The molecule has 0 radical (unpaired) electrons. The highest BCUT2D eigenvalue weighted by Gasteiger charge is 2.01. The Morgan fingerprint density at radius 1 is 1.47 bits per heavy atom. The minimum absolute atomic E-state index is 0.124. The molecule has 1 rings (SSSR count). The Morgan fingerprint density at radius 3 is 2.95 bits per heavy atom. The van der Waals surface area contributed by atoms with Gasteiger partial charge in [0, 0.05) is 18.7 Å². The van der Waals surface area contributed by atoms with E-state index in [2.05, 4.69) is 10.5 Å². The first-order valence-electron chi connectivity index (χ1n) is 6.55. The Bertz CT molecular complexity index is 407. The molecule has 1 aromatic rings. The molecular weight excluding hydrogens is 242 g/mol. The SMILES string of the molecule is CC(CO)CCCNCc1cccc(/C(N)=N/O)c1. The number of amidine groups is 1. The summed E-state index contributed by atoms with van der Waals surface area (Å²) in [5.74, 6) is 0.490. The zero-order valence-electron chi connectivity index (χ0n) is 11.3. The number of hydrogen-bond acceptors (Lipinski definition) is 4. The van der Waals surface area contributed by atoms with E-state index in [0.29, 0.717) is 5.92 Å². The molecule has 0 aromatic heterocycles. The second-order valence-corrected chi connectivity index (χ2v) is 4.79. The van der Waals surface area contributed by atoms with E-state index in [4.69, 9.17) is 16.0 Å². The van der Waals surface area contributed by atoms with Gasteiger partial charge in [-0.3, -0.25) is 0 Å². The monoisotopic (exact) mass is 265 g/mol. The maximum absolute atomic E-state index is 8.91. The number of nitrogens with two attached hydrogens (primary N) is 1. The molecule has 0 saturated carbocycles. The molecule has 0 spiro atoms. The first kappa shape index (κ1) is 15.5. The van der Waals surface area contributed by atoms with E-state index in [1.165, 1.54) is 0 Å². The van der Waals surface area contributed by atoms with Crippen molar-refractivity contribution in [1.82, 2.24) is 5.32 Å². The van der Waals surface area contributed by atoms with Crippen LogP contribution in [0.4, 0.5) is 0 Å². The summed E-state index contributed by atoms with van der Waals surface area (Å²) in [4.78, 5) is 0. The van der Waals surface area contributed by atoms with Crippen molar-refractivity contribution in [3.05, 3.63) is 35.4 Å². The van der Waals surface area contributed by atoms with Gasteiger partial charge in [0.05, 0.1) is 0 Å². The van der Waals surface area contributed by atoms with Gasteiger partial charge in [-0.2, -0.15) is 0 Å². The highest BCUT2D eigenvalue weighted by Crippen LogP contribution is 2.06. The fourth-order valence-corrected chi connectivity index (χ4v) is 1.80. The van der Waals surface area contributed by atoms with E-state index < -0.39 is 0 Å². The van der Waals surface area contributed by atoms with Crippen molar-refractivity contribution in [2.24, 2.45) is 16.8 Å². The summed E-state index contributed by atoms with van der Waals surface area (Å²) in [5.41, 5.74) is 7.36. The first-order valence-corrected chi connectivity index (χ1v) is 6.55. The zero-order chi connectivity index (χ0) is 14.1. The predicted molar refractivity (Wildman–Crippen MR) is 76.1 cm³/mol. The van der Waals surface area contributed by atoms with Crippen molar-refractivity contribution in [1.29, 1.82) is 0 Å². The highest BCUT2D eigenvalue weighted by atomic mass is 16.4. The fourth-order valence-electron chi connectivity index (χ4n) is 1.80. The van der Waals surface area contributed by atoms with Gasteiger partial charge < -0.3 is 21.4 Å². The molecule has 1 aromatic carbocycles. The van der Waals surface area contributed by atoms with Gasteiger partial charge in [-0.15, -0.1) is 0 Å². The summed E-state index contributed by atoms with van der Waals surface area (Å²) >= 11 is 0. The lowest BCUT2D eigenvalue weighted by atomic mass is 10.1. The normalized spacial score (nSPS) is 13.5. The van der Waals surface area contributed by atoms with Crippen LogP contribution in [0.25, 0.3) is 0 Å². The van der Waals surface area contributed by atoms with Crippen molar-refractivity contribution in [3.63, 3.8) is 0 Å². The Balaban J connectivity index is 2.34. The molecule has 0 bridgehead atoms. The lowest BCUT2D eigenvalue weighted by Crippen LogP contribution is -2.17. The third-order valence-corrected chi connectivity index (χ3v) is 3.02. The van der Waals surface area contributed by atoms with Crippen molar-refractivity contribution >= 4 is 5.84 Å². The standard InChI is InChI=1S/C14H23N3O2/c1-11(10-18)4-3-7-16-9-12-5-2-6-13(8-12)14(15)17-19/h2,5-6,8,11,16,18-19H,3-4,7,9-10H2,1H3,(H2,15,17). The quantitative estimate of drug-likeness (QED) is 0.187. The van der Waals surface area contributed by atoms with E-state index in [0.717, 1.165) is 37.1 Å². The minimum atomic E-state index is 0.124. The second-order valence-electron chi connectivity index (χ2n) is 4.79. The molecule has 5 nitrogen and oxygen atoms in total. The number of nitrogens with one attached hydrogen (secondary N) is 1. The number of rotatable bonds is 8. The average molecular weight is 265 g/mol. The predicted octanol–water partition coefficient (Wildman–Crippen LogP) is 1.28. The van der Waals surface area contributed by atoms with Crippen LogP contribution >= 0.6 is 0 Å². The number of oxime groups is 1. The van der Waals surface area contributed by atoms with E-state index in [-0.39, 0.29) is 12.4 Å². The van der Waals surface area contributed by atoms with Crippen LogP contribution in [0.1, 0.15) is 30.9 Å². The van der Waals surface area contributed by atoms with Gasteiger partial charge in [-0.25, -0.2) is 0 Å². The lowest BCUT2D eigenvalue weighted by Gasteiger charge is -2.09. The van der Waals surface area contributed by atoms with Gasteiger partial charge in [0.25, 0.3) is 0 Å². The van der Waals surface area contributed by atoms with E-state index in [1.54, 1.807) is 0 Å². The van der Waals surface area contributed by atoms with Crippen LogP contribution in [0.3, 0.4) is 0 Å². The van der Waals surface area contributed by atoms with Gasteiger partial charge in [0.15, 0.2) is 5.84 Å². The summed E-state index contributed by atoms with van der Waals surface area (Å²) in [6, 6.07) is 7.59. The molecule has 1 unspecified atom stereocenters. The van der Waals surface area contributed by atoms with Crippen molar-refractivity contribution in [2.75, 3.05) is 13.2 Å².